The standard InChI is InChI=1S/C19H21ClN4O/c1-11(2)22-19(25)16-10-21-24-13(4)15(12(3)23-18(16)24)9-14-7-5-6-8-17(14)20/h5-8,10-11H,9H2,1-4H3,(H,22,25). The zero-order chi connectivity index (χ0) is 18.1. The first-order chi connectivity index (χ1) is 11.9. The van der Waals surface area contributed by atoms with Crippen LogP contribution in [0.2, 0.25) is 5.02 Å². The molecule has 0 atom stereocenters. The number of halogens is 1. The molecular formula is C19H21ClN4O. The molecule has 1 aromatic carbocycles. The molecular weight excluding hydrogens is 336 g/mol. The van der Waals surface area contributed by atoms with Gasteiger partial charge in [-0.15, -0.1) is 0 Å². The van der Waals surface area contributed by atoms with Crippen molar-refractivity contribution in [1.82, 2.24) is 19.9 Å². The Kier molecular flexibility index (Phi) is 4.77. The molecule has 3 rings (SSSR count). The van der Waals surface area contributed by atoms with Crippen LogP contribution in [0, 0.1) is 13.8 Å². The molecule has 1 amide bonds. The Hall–Kier alpha value is -2.40. The lowest BCUT2D eigenvalue weighted by molar-refractivity contribution is 0.0944. The fourth-order valence-corrected chi connectivity index (χ4v) is 3.10. The van der Waals surface area contributed by atoms with Crippen LogP contribution < -0.4 is 5.32 Å². The van der Waals surface area contributed by atoms with Crippen LogP contribution >= 0.6 is 11.6 Å². The van der Waals surface area contributed by atoms with Gasteiger partial charge in [0.2, 0.25) is 0 Å². The summed E-state index contributed by atoms with van der Waals surface area (Å²) in [7, 11) is 0. The highest BCUT2D eigenvalue weighted by Crippen LogP contribution is 2.24. The lowest BCUT2D eigenvalue weighted by atomic mass is 10.0. The van der Waals surface area contributed by atoms with E-state index in [1.165, 1.54) is 0 Å². The van der Waals surface area contributed by atoms with Gasteiger partial charge in [0.15, 0.2) is 5.65 Å². The van der Waals surface area contributed by atoms with Crippen molar-refractivity contribution in [3.63, 3.8) is 0 Å². The van der Waals surface area contributed by atoms with Crippen molar-refractivity contribution < 1.29 is 4.79 Å². The highest BCUT2D eigenvalue weighted by molar-refractivity contribution is 6.31. The van der Waals surface area contributed by atoms with Gasteiger partial charge in [-0.2, -0.15) is 5.10 Å². The van der Waals surface area contributed by atoms with E-state index < -0.39 is 0 Å². The summed E-state index contributed by atoms with van der Waals surface area (Å²) < 4.78 is 1.73. The Bertz CT molecular complexity index is 946. The number of hydrogen-bond acceptors (Lipinski definition) is 3. The van der Waals surface area contributed by atoms with Gasteiger partial charge in [-0.25, -0.2) is 9.50 Å². The second kappa shape index (κ2) is 6.84. The number of carbonyl (C=O) groups is 1. The molecule has 0 fully saturated rings. The molecule has 0 bridgehead atoms. The minimum atomic E-state index is -0.157. The predicted octanol–water partition coefficient (Wildman–Crippen LogP) is 3.73. The number of nitrogens with zero attached hydrogens (tertiary/aromatic N) is 3. The molecule has 0 radical (unpaired) electrons. The van der Waals surface area contributed by atoms with E-state index in [0.29, 0.717) is 17.6 Å². The van der Waals surface area contributed by atoms with Crippen LogP contribution in [-0.4, -0.2) is 26.5 Å². The zero-order valence-corrected chi connectivity index (χ0v) is 15.6. The lowest BCUT2D eigenvalue weighted by Gasteiger charge is -2.13. The maximum absolute atomic E-state index is 12.4. The fourth-order valence-electron chi connectivity index (χ4n) is 2.90. The van der Waals surface area contributed by atoms with Gasteiger partial charge in [-0.05, 0) is 44.9 Å². The molecule has 2 heterocycles. The van der Waals surface area contributed by atoms with Crippen LogP contribution in [0.4, 0.5) is 0 Å². The van der Waals surface area contributed by atoms with Gasteiger partial charge >= 0.3 is 0 Å². The molecule has 0 aliphatic rings. The molecule has 0 unspecified atom stereocenters. The average molecular weight is 357 g/mol. The molecule has 2 aromatic heterocycles. The number of aryl methyl sites for hydroxylation is 2. The summed E-state index contributed by atoms with van der Waals surface area (Å²) in [5.74, 6) is -0.157. The summed E-state index contributed by atoms with van der Waals surface area (Å²) in [6, 6.07) is 7.84. The summed E-state index contributed by atoms with van der Waals surface area (Å²) in [6.07, 6.45) is 2.25. The van der Waals surface area contributed by atoms with E-state index in [2.05, 4.69) is 15.4 Å². The average Bonchev–Trinajstić information content (AvgIpc) is 2.96. The summed E-state index contributed by atoms with van der Waals surface area (Å²) in [6.45, 7) is 7.80. The third kappa shape index (κ3) is 3.37. The van der Waals surface area contributed by atoms with Gasteiger partial charge in [0.25, 0.3) is 5.91 Å². The van der Waals surface area contributed by atoms with Crippen LogP contribution in [0.25, 0.3) is 5.65 Å². The van der Waals surface area contributed by atoms with Crippen LogP contribution in [0.1, 0.15) is 46.7 Å². The van der Waals surface area contributed by atoms with Crippen molar-refractivity contribution in [2.45, 2.75) is 40.2 Å². The minimum absolute atomic E-state index is 0.0594. The van der Waals surface area contributed by atoms with Crippen LogP contribution in [0.5, 0.6) is 0 Å². The Labute approximate surface area is 152 Å². The largest absolute Gasteiger partial charge is 0.350 e. The molecule has 0 saturated heterocycles. The second-order valence-electron chi connectivity index (χ2n) is 6.45. The Morgan fingerprint density at radius 2 is 2.00 bits per heavy atom. The molecule has 25 heavy (non-hydrogen) atoms. The highest BCUT2D eigenvalue weighted by atomic mass is 35.5. The normalized spacial score (nSPS) is 11.3. The van der Waals surface area contributed by atoms with E-state index in [-0.39, 0.29) is 11.9 Å². The van der Waals surface area contributed by atoms with E-state index in [1.807, 2.05) is 52.0 Å². The van der Waals surface area contributed by atoms with Crippen molar-refractivity contribution >= 4 is 23.2 Å². The first-order valence-corrected chi connectivity index (χ1v) is 8.64. The van der Waals surface area contributed by atoms with Crippen molar-refractivity contribution in [2.75, 3.05) is 0 Å². The summed E-state index contributed by atoms with van der Waals surface area (Å²) in [5.41, 5.74) is 5.02. The lowest BCUT2D eigenvalue weighted by Crippen LogP contribution is -2.30. The van der Waals surface area contributed by atoms with Crippen molar-refractivity contribution in [2.24, 2.45) is 0 Å². The second-order valence-corrected chi connectivity index (χ2v) is 6.86. The van der Waals surface area contributed by atoms with Gasteiger partial charge in [0.05, 0.1) is 6.20 Å². The summed E-state index contributed by atoms with van der Waals surface area (Å²) >= 11 is 6.30. The third-order valence-electron chi connectivity index (χ3n) is 4.20. The molecule has 0 spiro atoms. The summed E-state index contributed by atoms with van der Waals surface area (Å²) in [5, 5.41) is 8.00. The van der Waals surface area contributed by atoms with Crippen LogP contribution in [0.15, 0.2) is 30.5 Å². The Morgan fingerprint density at radius 1 is 1.28 bits per heavy atom. The first-order valence-electron chi connectivity index (χ1n) is 8.26. The highest BCUT2D eigenvalue weighted by Gasteiger charge is 2.19. The van der Waals surface area contributed by atoms with E-state index in [1.54, 1.807) is 10.7 Å². The number of aromatic nitrogens is 3. The molecule has 5 nitrogen and oxygen atoms in total. The quantitative estimate of drug-likeness (QED) is 0.774. The number of carbonyl (C=O) groups excluding carboxylic acids is 1. The Morgan fingerprint density at radius 3 is 2.68 bits per heavy atom. The molecule has 0 aliphatic carbocycles. The van der Waals surface area contributed by atoms with Gasteiger partial charge < -0.3 is 5.32 Å². The molecule has 3 aromatic rings. The van der Waals surface area contributed by atoms with Gasteiger partial charge in [0, 0.05) is 28.9 Å². The number of fused-ring (bicyclic) bond motifs is 1. The first kappa shape index (κ1) is 17.4. The molecule has 0 saturated carbocycles. The van der Waals surface area contributed by atoms with Gasteiger partial charge in [-0.3, -0.25) is 4.79 Å². The molecule has 1 N–H and O–H groups in total. The van der Waals surface area contributed by atoms with Crippen molar-refractivity contribution in [1.29, 1.82) is 0 Å². The van der Waals surface area contributed by atoms with Crippen LogP contribution in [0.3, 0.4) is 0 Å². The van der Waals surface area contributed by atoms with E-state index in [4.69, 9.17) is 11.6 Å². The Balaban J connectivity index is 2.06. The number of amides is 1. The minimum Gasteiger partial charge on any atom is -0.350 e. The number of benzene rings is 1. The van der Waals surface area contributed by atoms with E-state index >= 15 is 0 Å². The maximum Gasteiger partial charge on any atom is 0.256 e. The summed E-state index contributed by atoms with van der Waals surface area (Å²) in [4.78, 5) is 17.0. The SMILES string of the molecule is Cc1nc2c(C(=O)NC(C)C)cnn2c(C)c1Cc1ccccc1Cl. The van der Waals surface area contributed by atoms with Crippen molar-refractivity contribution in [3.8, 4) is 0 Å². The topological polar surface area (TPSA) is 59.3 Å². The fraction of sp³-hybridized carbons (Fsp3) is 0.316. The van der Waals surface area contributed by atoms with Gasteiger partial charge in [0.1, 0.15) is 5.56 Å². The number of rotatable bonds is 4. The van der Waals surface area contributed by atoms with Crippen LogP contribution in [-0.2, 0) is 6.42 Å². The van der Waals surface area contributed by atoms with Crippen molar-refractivity contribution in [3.05, 3.63) is 63.6 Å². The third-order valence-corrected chi connectivity index (χ3v) is 4.57. The number of nitrogens with one attached hydrogen (secondary N) is 1. The number of hydrogen-bond donors (Lipinski definition) is 1. The smallest absolute Gasteiger partial charge is 0.256 e. The molecule has 6 heteroatoms. The predicted molar refractivity (Wildman–Crippen MR) is 99.3 cm³/mol. The maximum atomic E-state index is 12.4. The molecule has 130 valence electrons. The molecule has 0 aliphatic heterocycles. The zero-order valence-electron chi connectivity index (χ0n) is 14.8. The monoisotopic (exact) mass is 356 g/mol. The van der Waals surface area contributed by atoms with E-state index in [0.717, 1.165) is 27.5 Å². The van der Waals surface area contributed by atoms with Gasteiger partial charge in [-0.1, -0.05) is 29.8 Å². The van der Waals surface area contributed by atoms with E-state index in [9.17, 15) is 4.79 Å².